The number of hydrogen-bond donors (Lipinski definition) is 1. The third-order valence-corrected chi connectivity index (χ3v) is 5.38. The summed E-state index contributed by atoms with van der Waals surface area (Å²) in [7, 11) is 0. The van der Waals surface area contributed by atoms with Crippen LogP contribution in [0.3, 0.4) is 0 Å². The van der Waals surface area contributed by atoms with Gasteiger partial charge >= 0.3 is 0 Å². The molecular weight excluding hydrogens is 394 g/mol. The van der Waals surface area contributed by atoms with E-state index in [1.807, 2.05) is 31.2 Å². The number of aryl methyl sites for hydroxylation is 1. The number of morpholine rings is 1. The van der Waals surface area contributed by atoms with Gasteiger partial charge < -0.3 is 14.6 Å². The first-order valence-corrected chi connectivity index (χ1v) is 9.78. The van der Waals surface area contributed by atoms with E-state index in [4.69, 9.17) is 9.47 Å². The van der Waals surface area contributed by atoms with Gasteiger partial charge in [0.2, 0.25) is 0 Å². The molecule has 2 aromatic rings. The summed E-state index contributed by atoms with van der Waals surface area (Å²) in [5.41, 5.74) is 3.49. The van der Waals surface area contributed by atoms with Crippen LogP contribution in [0.25, 0.3) is 0 Å². The van der Waals surface area contributed by atoms with E-state index in [1.165, 1.54) is 11.1 Å². The molecule has 5 heteroatoms. The van der Waals surface area contributed by atoms with E-state index in [0.29, 0.717) is 19.8 Å². The molecule has 1 N–H and O–H groups in total. The van der Waals surface area contributed by atoms with Crippen LogP contribution in [0.1, 0.15) is 22.8 Å². The van der Waals surface area contributed by atoms with Crippen molar-refractivity contribution in [2.24, 2.45) is 0 Å². The molecule has 1 aliphatic rings. The first kappa shape index (κ1) is 19.4. The lowest BCUT2D eigenvalue weighted by Gasteiger charge is -2.34. The maximum absolute atomic E-state index is 10.4. The third-order valence-electron chi connectivity index (χ3n) is 4.85. The van der Waals surface area contributed by atoms with Gasteiger partial charge in [-0.15, -0.1) is 0 Å². The molecule has 2 atom stereocenters. The monoisotopic (exact) mass is 419 g/mol. The maximum Gasteiger partial charge on any atom is 0.122 e. The molecule has 26 heavy (non-hydrogen) atoms. The molecule has 3 rings (SSSR count). The molecule has 2 unspecified atom stereocenters. The van der Waals surface area contributed by atoms with Gasteiger partial charge in [-0.3, -0.25) is 4.90 Å². The quantitative estimate of drug-likeness (QED) is 0.771. The van der Waals surface area contributed by atoms with E-state index < -0.39 is 6.10 Å². The van der Waals surface area contributed by atoms with Gasteiger partial charge in [-0.1, -0.05) is 40.2 Å². The molecule has 0 radical (unpaired) electrons. The fraction of sp³-hybridized carbons (Fsp3) is 0.429. The standard InChI is InChI=1S/C21H26BrNO3/c1-15-4-3-5-20(16(15)2)26-14-19(24)12-23-10-11-25-21(13-23)17-6-8-18(22)9-7-17/h3-9,19,21,24H,10-14H2,1-2H3. The molecule has 1 saturated heterocycles. The number of benzene rings is 2. The van der Waals surface area contributed by atoms with Crippen molar-refractivity contribution in [2.75, 3.05) is 32.8 Å². The first-order valence-electron chi connectivity index (χ1n) is 8.99. The summed E-state index contributed by atoms with van der Waals surface area (Å²) in [4.78, 5) is 2.24. The van der Waals surface area contributed by atoms with Crippen LogP contribution < -0.4 is 4.74 Å². The highest BCUT2D eigenvalue weighted by molar-refractivity contribution is 9.10. The van der Waals surface area contributed by atoms with E-state index in [1.54, 1.807) is 0 Å². The molecule has 0 aliphatic carbocycles. The molecule has 1 heterocycles. The Labute approximate surface area is 163 Å². The fourth-order valence-corrected chi connectivity index (χ4v) is 3.43. The predicted octanol–water partition coefficient (Wildman–Crippen LogP) is 3.88. The normalized spacial score (nSPS) is 19.3. The van der Waals surface area contributed by atoms with Crippen LogP contribution in [-0.4, -0.2) is 49.0 Å². The van der Waals surface area contributed by atoms with E-state index in [9.17, 15) is 5.11 Å². The molecule has 0 aromatic heterocycles. The number of ether oxygens (including phenoxy) is 2. The number of halogens is 1. The average molecular weight is 420 g/mol. The minimum Gasteiger partial charge on any atom is -0.491 e. The zero-order valence-electron chi connectivity index (χ0n) is 15.3. The summed E-state index contributed by atoms with van der Waals surface area (Å²) in [6, 6.07) is 14.2. The smallest absolute Gasteiger partial charge is 0.122 e. The zero-order valence-corrected chi connectivity index (χ0v) is 16.9. The summed E-state index contributed by atoms with van der Waals surface area (Å²) < 4.78 is 12.8. The van der Waals surface area contributed by atoms with E-state index in [0.717, 1.165) is 28.9 Å². The summed E-state index contributed by atoms with van der Waals surface area (Å²) in [6.45, 7) is 7.27. The Bertz CT molecular complexity index is 720. The maximum atomic E-state index is 10.4. The third kappa shape index (κ3) is 5.07. The van der Waals surface area contributed by atoms with Crippen molar-refractivity contribution in [2.45, 2.75) is 26.1 Å². The van der Waals surface area contributed by atoms with Gasteiger partial charge in [0.05, 0.1) is 12.7 Å². The Morgan fingerprint density at radius 3 is 2.77 bits per heavy atom. The van der Waals surface area contributed by atoms with Crippen molar-refractivity contribution >= 4 is 15.9 Å². The average Bonchev–Trinajstić information content (AvgIpc) is 2.64. The molecule has 4 nitrogen and oxygen atoms in total. The van der Waals surface area contributed by atoms with Crippen LogP contribution >= 0.6 is 15.9 Å². The van der Waals surface area contributed by atoms with Gasteiger partial charge in [-0.05, 0) is 48.7 Å². The second-order valence-corrected chi connectivity index (χ2v) is 7.75. The Morgan fingerprint density at radius 1 is 1.23 bits per heavy atom. The largest absolute Gasteiger partial charge is 0.491 e. The van der Waals surface area contributed by atoms with Crippen molar-refractivity contribution in [3.63, 3.8) is 0 Å². The Morgan fingerprint density at radius 2 is 2.00 bits per heavy atom. The van der Waals surface area contributed by atoms with Crippen LogP contribution in [-0.2, 0) is 4.74 Å². The summed E-state index contributed by atoms with van der Waals surface area (Å²) in [5, 5.41) is 10.4. The lowest BCUT2D eigenvalue weighted by atomic mass is 10.1. The minimum atomic E-state index is -0.529. The van der Waals surface area contributed by atoms with E-state index >= 15 is 0 Å². The highest BCUT2D eigenvalue weighted by Crippen LogP contribution is 2.24. The zero-order chi connectivity index (χ0) is 18.5. The van der Waals surface area contributed by atoms with Gasteiger partial charge in [0.25, 0.3) is 0 Å². The molecule has 0 saturated carbocycles. The molecular formula is C21H26BrNO3. The molecule has 1 fully saturated rings. The minimum absolute atomic E-state index is 0.0454. The van der Waals surface area contributed by atoms with Crippen molar-refractivity contribution in [1.29, 1.82) is 0 Å². The van der Waals surface area contributed by atoms with E-state index in [2.05, 4.69) is 46.0 Å². The Kier molecular flexibility index (Phi) is 6.70. The van der Waals surface area contributed by atoms with Gasteiger partial charge in [-0.25, -0.2) is 0 Å². The van der Waals surface area contributed by atoms with E-state index in [-0.39, 0.29) is 6.10 Å². The first-order chi connectivity index (χ1) is 12.5. The molecule has 2 aromatic carbocycles. The topological polar surface area (TPSA) is 41.9 Å². The van der Waals surface area contributed by atoms with Crippen molar-refractivity contribution < 1.29 is 14.6 Å². The van der Waals surface area contributed by atoms with Gasteiger partial charge in [0.15, 0.2) is 0 Å². The van der Waals surface area contributed by atoms with Crippen LogP contribution in [0.2, 0.25) is 0 Å². The number of β-amino-alcohol motifs (C(OH)–C–C–N with tert-alkyl or cyclic N) is 1. The van der Waals surface area contributed by atoms with Crippen LogP contribution in [0, 0.1) is 13.8 Å². The molecule has 0 bridgehead atoms. The van der Waals surface area contributed by atoms with Gasteiger partial charge in [0, 0.05) is 24.1 Å². The number of hydrogen-bond acceptors (Lipinski definition) is 4. The lowest BCUT2D eigenvalue weighted by Crippen LogP contribution is -2.43. The number of nitrogens with zero attached hydrogens (tertiary/aromatic N) is 1. The number of aliphatic hydroxyl groups excluding tert-OH is 1. The SMILES string of the molecule is Cc1cccc(OCC(O)CN2CCOC(c3ccc(Br)cc3)C2)c1C. The highest BCUT2D eigenvalue weighted by atomic mass is 79.9. The predicted molar refractivity (Wildman–Crippen MR) is 107 cm³/mol. The van der Waals surface area contributed by atoms with Crippen LogP contribution in [0.4, 0.5) is 0 Å². The van der Waals surface area contributed by atoms with Crippen LogP contribution in [0.15, 0.2) is 46.9 Å². The van der Waals surface area contributed by atoms with Crippen molar-refractivity contribution in [3.05, 3.63) is 63.6 Å². The second kappa shape index (κ2) is 9.00. The summed E-state index contributed by atoms with van der Waals surface area (Å²) in [5.74, 6) is 0.846. The lowest BCUT2D eigenvalue weighted by molar-refractivity contribution is -0.0459. The van der Waals surface area contributed by atoms with Crippen molar-refractivity contribution in [1.82, 2.24) is 4.90 Å². The van der Waals surface area contributed by atoms with Crippen LogP contribution in [0.5, 0.6) is 5.75 Å². The highest BCUT2D eigenvalue weighted by Gasteiger charge is 2.23. The summed E-state index contributed by atoms with van der Waals surface area (Å²) in [6.07, 6.45) is -0.484. The molecule has 1 aliphatic heterocycles. The molecule has 0 amide bonds. The number of aliphatic hydroxyl groups is 1. The second-order valence-electron chi connectivity index (χ2n) is 6.83. The molecule has 0 spiro atoms. The van der Waals surface area contributed by atoms with Crippen molar-refractivity contribution in [3.8, 4) is 5.75 Å². The van der Waals surface area contributed by atoms with Gasteiger partial charge in [-0.2, -0.15) is 0 Å². The van der Waals surface area contributed by atoms with Gasteiger partial charge in [0.1, 0.15) is 18.5 Å². The fourth-order valence-electron chi connectivity index (χ4n) is 3.16. The summed E-state index contributed by atoms with van der Waals surface area (Å²) >= 11 is 3.46. The molecule has 140 valence electrons. The Hall–Kier alpha value is -1.40. The number of rotatable bonds is 6. The Balaban J connectivity index is 1.51.